The fraction of sp³-hybridized carbons (Fsp3) is 0.250. The number of carbonyl (C=O) groups is 3. The van der Waals surface area contributed by atoms with Gasteiger partial charge in [-0.2, -0.15) is 0 Å². The number of carbonyl (C=O) groups excluding carboxylic acids is 2. The van der Waals surface area contributed by atoms with Gasteiger partial charge in [-0.25, -0.2) is 4.79 Å². The Morgan fingerprint density at radius 1 is 1.19 bits per heavy atom. The van der Waals surface area contributed by atoms with E-state index in [1.54, 1.807) is 6.92 Å². The number of fused-ring (bicyclic) bond motifs is 1. The minimum Gasteiger partial charge on any atom is -0.479 e. The molecule has 0 spiro atoms. The average Bonchev–Trinajstić information content (AvgIpc) is 2.65. The SMILES string of the molecule is CC1Oc2cc(C(=O)O)ccc2N(CC(=O)NCCc2ccccc2)C1=O. The van der Waals surface area contributed by atoms with Crippen LogP contribution in [0.4, 0.5) is 5.69 Å². The highest BCUT2D eigenvalue weighted by Crippen LogP contribution is 2.34. The predicted octanol–water partition coefficient (Wildman–Crippen LogP) is 1.86. The maximum Gasteiger partial charge on any atom is 0.335 e. The normalized spacial score (nSPS) is 15.7. The zero-order valence-electron chi connectivity index (χ0n) is 14.8. The van der Waals surface area contributed by atoms with Crippen molar-refractivity contribution in [3.05, 3.63) is 59.7 Å². The van der Waals surface area contributed by atoms with Gasteiger partial charge < -0.3 is 15.2 Å². The van der Waals surface area contributed by atoms with Crippen molar-refractivity contribution in [2.45, 2.75) is 19.4 Å². The lowest BCUT2D eigenvalue weighted by Crippen LogP contribution is -2.49. The largest absolute Gasteiger partial charge is 0.479 e. The predicted molar refractivity (Wildman–Crippen MR) is 99.0 cm³/mol. The highest BCUT2D eigenvalue weighted by Gasteiger charge is 2.33. The average molecular weight is 368 g/mol. The summed E-state index contributed by atoms with van der Waals surface area (Å²) in [6.07, 6.45) is -0.0998. The van der Waals surface area contributed by atoms with Gasteiger partial charge in [-0.3, -0.25) is 14.5 Å². The van der Waals surface area contributed by atoms with Crippen molar-refractivity contribution in [1.29, 1.82) is 0 Å². The number of anilines is 1. The van der Waals surface area contributed by atoms with Crippen LogP contribution in [-0.4, -0.2) is 42.1 Å². The molecule has 1 unspecified atom stereocenters. The monoisotopic (exact) mass is 368 g/mol. The van der Waals surface area contributed by atoms with Gasteiger partial charge >= 0.3 is 5.97 Å². The molecule has 2 aromatic carbocycles. The van der Waals surface area contributed by atoms with E-state index < -0.39 is 12.1 Å². The lowest BCUT2D eigenvalue weighted by molar-refractivity contribution is -0.128. The van der Waals surface area contributed by atoms with E-state index in [0.717, 1.165) is 5.56 Å². The summed E-state index contributed by atoms with van der Waals surface area (Å²) in [4.78, 5) is 37.2. The van der Waals surface area contributed by atoms with Crippen LogP contribution in [0.15, 0.2) is 48.5 Å². The number of aromatic carboxylic acids is 1. The first kappa shape index (κ1) is 18.4. The van der Waals surface area contributed by atoms with Crippen LogP contribution in [0, 0.1) is 0 Å². The summed E-state index contributed by atoms with van der Waals surface area (Å²) in [7, 11) is 0. The van der Waals surface area contributed by atoms with E-state index >= 15 is 0 Å². The molecule has 2 amide bonds. The van der Waals surface area contributed by atoms with Gasteiger partial charge in [0.1, 0.15) is 12.3 Å². The summed E-state index contributed by atoms with van der Waals surface area (Å²) in [5.41, 5.74) is 1.56. The molecular formula is C20H20N2O5. The first-order valence-corrected chi connectivity index (χ1v) is 8.61. The third kappa shape index (κ3) is 4.25. The van der Waals surface area contributed by atoms with Gasteiger partial charge in [-0.1, -0.05) is 30.3 Å². The Kier molecular flexibility index (Phi) is 5.40. The summed E-state index contributed by atoms with van der Waals surface area (Å²) in [5.74, 6) is -1.44. The number of nitrogens with zero attached hydrogens (tertiary/aromatic N) is 1. The number of amides is 2. The van der Waals surface area contributed by atoms with E-state index in [1.807, 2.05) is 30.3 Å². The van der Waals surface area contributed by atoms with Crippen molar-refractivity contribution in [3.63, 3.8) is 0 Å². The van der Waals surface area contributed by atoms with E-state index in [-0.39, 0.29) is 29.7 Å². The number of hydrogen-bond donors (Lipinski definition) is 2. The molecule has 140 valence electrons. The van der Waals surface area contributed by atoms with Gasteiger partial charge in [-0.05, 0) is 37.1 Å². The van der Waals surface area contributed by atoms with Crippen molar-refractivity contribution in [3.8, 4) is 5.75 Å². The Balaban J connectivity index is 1.67. The molecule has 1 aliphatic heterocycles. The van der Waals surface area contributed by atoms with E-state index in [9.17, 15) is 14.4 Å². The number of rotatable bonds is 6. The van der Waals surface area contributed by atoms with E-state index in [4.69, 9.17) is 9.84 Å². The molecule has 2 aromatic rings. The van der Waals surface area contributed by atoms with Crippen LogP contribution in [0.2, 0.25) is 0 Å². The maximum absolute atomic E-state index is 12.4. The van der Waals surface area contributed by atoms with Crippen molar-refractivity contribution in [1.82, 2.24) is 5.32 Å². The molecule has 0 aliphatic carbocycles. The van der Waals surface area contributed by atoms with Crippen LogP contribution in [0.1, 0.15) is 22.8 Å². The molecule has 0 saturated heterocycles. The number of carboxylic acids is 1. The molecule has 7 heteroatoms. The minimum atomic E-state index is -1.09. The molecule has 0 radical (unpaired) electrons. The van der Waals surface area contributed by atoms with Crippen molar-refractivity contribution in [2.24, 2.45) is 0 Å². The summed E-state index contributed by atoms with van der Waals surface area (Å²) in [5, 5.41) is 11.9. The second-order valence-corrected chi connectivity index (χ2v) is 6.26. The Hall–Kier alpha value is -3.35. The number of ether oxygens (including phenoxy) is 1. The number of benzene rings is 2. The molecule has 1 heterocycles. The van der Waals surface area contributed by atoms with Gasteiger partial charge in [-0.15, -0.1) is 0 Å². The summed E-state index contributed by atoms with van der Waals surface area (Å²) < 4.78 is 5.50. The first-order valence-electron chi connectivity index (χ1n) is 8.61. The van der Waals surface area contributed by atoms with Crippen molar-refractivity contribution < 1.29 is 24.2 Å². The maximum atomic E-state index is 12.4. The lowest BCUT2D eigenvalue weighted by atomic mass is 10.1. The van der Waals surface area contributed by atoms with Crippen LogP contribution in [0.3, 0.4) is 0 Å². The highest BCUT2D eigenvalue weighted by atomic mass is 16.5. The molecule has 2 N–H and O–H groups in total. The zero-order valence-corrected chi connectivity index (χ0v) is 14.8. The molecule has 0 bridgehead atoms. The molecule has 0 aromatic heterocycles. The third-order valence-electron chi connectivity index (χ3n) is 4.30. The second-order valence-electron chi connectivity index (χ2n) is 6.26. The van der Waals surface area contributed by atoms with Gasteiger partial charge in [0.15, 0.2) is 6.10 Å². The zero-order chi connectivity index (χ0) is 19.4. The Morgan fingerprint density at radius 2 is 1.93 bits per heavy atom. The molecule has 1 aliphatic rings. The van der Waals surface area contributed by atoms with Crippen LogP contribution < -0.4 is 15.0 Å². The van der Waals surface area contributed by atoms with Gasteiger partial charge in [0, 0.05) is 6.54 Å². The summed E-state index contributed by atoms with van der Waals surface area (Å²) >= 11 is 0. The molecule has 7 nitrogen and oxygen atoms in total. The van der Waals surface area contributed by atoms with Crippen molar-refractivity contribution in [2.75, 3.05) is 18.0 Å². The van der Waals surface area contributed by atoms with E-state index in [0.29, 0.717) is 18.7 Å². The smallest absolute Gasteiger partial charge is 0.335 e. The Labute approximate surface area is 156 Å². The van der Waals surface area contributed by atoms with Crippen LogP contribution in [0.25, 0.3) is 0 Å². The standard InChI is InChI=1S/C20H20N2O5/c1-13-19(24)22(16-8-7-15(20(25)26)11-17(16)27-13)12-18(23)21-10-9-14-5-3-2-4-6-14/h2-8,11,13H,9-10,12H2,1H3,(H,21,23)(H,25,26). The summed E-state index contributed by atoms with van der Waals surface area (Å²) in [6.45, 7) is 1.88. The van der Waals surface area contributed by atoms with E-state index in [1.165, 1.54) is 23.1 Å². The second kappa shape index (κ2) is 7.90. The van der Waals surface area contributed by atoms with Gasteiger partial charge in [0.25, 0.3) is 5.91 Å². The third-order valence-corrected chi connectivity index (χ3v) is 4.30. The minimum absolute atomic E-state index is 0.0579. The van der Waals surface area contributed by atoms with E-state index in [2.05, 4.69) is 5.32 Å². The molecular weight excluding hydrogens is 348 g/mol. The molecule has 27 heavy (non-hydrogen) atoms. The fourth-order valence-electron chi connectivity index (χ4n) is 2.90. The quantitative estimate of drug-likeness (QED) is 0.811. The van der Waals surface area contributed by atoms with Crippen LogP contribution in [0.5, 0.6) is 5.75 Å². The first-order chi connectivity index (χ1) is 13.0. The van der Waals surface area contributed by atoms with Crippen LogP contribution in [-0.2, 0) is 16.0 Å². The van der Waals surface area contributed by atoms with Gasteiger partial charge in [0.2, 0.25) is 5.91 Å². The molecule has 3 rings (SSSR count). The molecule has 1 atom stereocenters. The van der Waals surface area contributed by atoms with Crippen LogP contribution >= 0.6 is 0 Å². The van der Waals surface area contributed by atoms with Crippen molar-refractivity contribution >= 4 is 23.5 Å². The fourth-order valence-corrected chi connectivity index (χ4v) is 2.90. The number of hydrogen-bond acceptors (Lipinski definition) is 4. The molecule has 0 fully saturated rings. The topological polar surface area (TPSA) is 95.9 Å². The Morgan fingerprint density at radius 3 is 2.63 bits per heavy atom. The Bertz CT molecular complexity index is 866. The molecule has 0 saturated carbocycles. The lowest BCUT2D eigenvalue weighted by Gasteiger charge is -2.32. The van der Waals surface area contributed by atoms with Gasteiger partial charge in [0.05, 0.1) is 11.3 Å². The summed E-state index contributed by atoms with van der Waals surface area (Å²) in [6, 6.07) is 14.0. The highest BCUT2D eigenvalue weighted by molar-refractivity contribution is 6.04. The number of nitrogens with one attached hydrogen (secondary N) is 1. The number of carboxylic acid groups (broad SMARTS) is 1.